The Labute approximate surface area is 129 Å². The van der Waals surface area contributed by atoms with Crippen molar-refractivity contribution >= 4 is 11.9 Å². The van der Waals surface area contributed by atoms with Gasteiger partial charge in [-0.05, 0) is 43.9 Å². The molecule has 0 spiro atoms. The molecule has 0 heterocycles. The number of benzene rings is 1. The molecule has 1 fully saturated rings. The number of hydrogen-bond donors (Lipinski definition) is 3. The third-order valence-electron chi connectivity index (χ3n) is 3.73. The molecular weight excluding hydrogens is 285 g/mol. The van der Waals surface area contributed by atoms with Crippen LogP contribution < -0.4 is 16.0 Å². The predicted molar refractivity (Wildman–Crippen MR) is 82.4 cm³/mol. The van der Waals surface area contributed by atoms with Crippen LogP contribution >= 0.6 is 0 Å². The zero-order valence-electron chi connectivity index (χ0n) is 12.7. The fraction of sp³-hybridized carbons (Fsp3) is 0.500. The topological polar surface area (TPSA) is 70.2 Å². The summed E-state index contributed by atoms with van der Waals surface area (Å²) in [6, 6.07) is 6.30. The second-order valence-corrected chi connectivity index (χ2v) is 5.44. The number of urea groups is 1. The summed E-state index contributed by atoms with van der Waals surface area (Å²) >= 11 is 0. The van der Waals surface area contributed by atoms with Crippen LogP contribution in [0.5, 0.6) is 0 Å². The summed E-state index contributed by atoms with van der Waals surface area (Å²) in [5.74, 6) is -0.139. The average molecular weight is 307 g/mol. The molecule has 1 aromatic carbocycles. The number of nitrogens with one attached hydrogen (secondary N) is 3. The molecule has 0 bridgehead atoms. The molecule has 3 amide bonds. The van der Waals surface area contributed by atoms with Gasteiger partial charge >= 0.3 is 6.03 Å². The molecule has 6 heteroatoms. The number of rotatable bonds is 5. The minimum Gasteiger partial charge on any atom is -0.352 e. The third kappa shape index (κ3) is 4.44. The Morgan fingerprint density at radius 3 is 2.77 bits per heavy atom. The molecule has 1 aliphatic rings. The van der Waals surface area contributed by atoms with Crippen molar-refractivity contribution in [2.45, 2.75) is 44.9 Å². The Morgan fingerprint density at radius 1 is 1.27 bits per heavy atom. The van der Waals surface area contributed by atoms with Gasteiger partial charge in [0, 0.05) is 18.7 Å². The second kappa shape index (κ2) is 7.77. The highest BCUT2D eigenvalue weighted by Gasteiger charge is 2.27. The highest BCUT2D eigenvalue weighted by atomic mass is 19.1. The van der Waals surface area contributed by atoms with Gasteiger partial charge in [-0.3, -0.25) is 4.79 Å². The van der Waals surface area contributed by atoms with Gasteiger partial charge in [-0.1, -0.05) is 12.1 Å². The summed E-state index contributed by atoms with van der Waals surface area (Å²) in [7, 11) is 0. The minimum atomic E-state index is -0.952. The van der Waals surface area contributed by atoms with E-state index in [-0.39, 0.29) is 18.0 Å². The van der Waals surface area contributed by atoms with Crippen LogP contribution in [-0.2, 0) is 6.54 Å². The summed E-state index contributed by atoms with van der Waals surface area (Å²) in [6.07, 6.45) is 1.05. The molecule has 120 valence electrons. The van der Waals surface area contributed by atoms with E-state index in [2.05, 4.69) is 16.0 Å². The summed E-state index contributed by atoms with van der Waals surface area (Å²) in [4.78, 5) is 23.5. The maximum Gasteiger partial charge on any atom is 0.315 e. The molecule has 3 N–H and O–H groups in total. The van der Waals surface area contributed by atoms with Crippen LogP contribution in [0.4, 0.5) is 9.18 Å². The quantitative estimate of drug-likeness (QED) is 0.780. The van der Waals surface area contributed by atoms with E-state index >= 15 is 0 Å². The summed E-state index contributed by atoms with van der Waals surface area (Å²) in [5.41, 5.74) is 1.38. The van der Waals surface area contributed by atoms with Gasteiger partial charge in [0.15, 0.2) is 0 Å². The minimum absolute atomic E-state index is 0.139. The molecule has 0 aliphatic heterocycles. The SMILES string of the molecule is CCNC(=O)c1cccc(CNC(=O)N[C@H]2CCC[C@H]2F)c1. The molecule has 2 rings (SSSR count). The number of halogens is 1. The van der Waals surface area contributed by atoms with Crippen LogP contribution in [0.15, 0.2) is 24.3 Å². The Kier molecular flexibility index (Phi) is 5.75. The van der Waals surface area contributed by atoms with Crippen molar-refractivity contribution in [2.24, 2.45) is 0 Å². The van der Waals surface area contributed by atoms with Crippen LogP contribution in [0.3, 0.4) is 0 Å². The van der Waals surface area contributed by atoms with Crippen molar-refractivity contribution in [3.63, 3.8) is 0 Å². The van der Waals surface area contributed by atoms with E-state index in [1.165, 1.54) is 0 Å². The first-order chi connectivity index (χ1) is 10.6. The smallest absolute Gasteiger partial charge is 0.315 e. The maximum absolute atomic E-state index is 13.4. The molecule has 0 radical (unpaired) electrons. The molecule has 0 aromatic heterocycles. The molecule has 1 saturated carbocycles. The van der Waals surface area contributed by atoms with E-state index in [1.807, 2.05) is 13.0 Å². The first-order valence-electron chi connectivity index (χ1n) is 7.65. The Hall–Kier alpha value is -2.11. The van der Waals surface area contributed by atoms with E-state index in [0.29, 0.717) is 31.5 Å². The number of alkyl halides is 1. The Morgan fingerprint density at radius 2 is 2.09 bits per heavy atom. The van der Waals surface area contributed by atoms with E-state index < -0.39 is 6.17 Å². The maximum atomic E-state index is 13.4. The van der Waals surface area contributed by atoms with Crippen LogP contribution in [0.25, 0.3) is 0 Å². The van der Waals surface area contributed by atoms with Crippen molar-refractivity contribution in [3.05, 3.63) is 35.4 Å². The molecule has 0 saturated heterocycles. The van der Waals surface area contributed by atoms with Gasteiger partial charge in [0.25, 0.3) is 5.91 Å². The fourth-order valence-electron chi connectivity index (χ4n) is 2.56. The average Bonchev–Trinajstić information content (AvgIpc) is 2.91. The first kappa shape index (κ1) is 16.3. The lowest BCUT2D eigenvalue weighted by Crippen LogP contribution is -2.44. The highest BCUT2D eigenvalue weighted by Crippen LogP contribution is 2.21. The first-order valence-corrected chi connectivity index (χ1v) is 7.65. The lowest BCUT2D eigenvalue weighted by atomic mass is 10.1. The van der Waals surface area contributed by atoms with E-state index in [4.69, 9.17) is 0 Å². The van der Waals surface area contributed by atoms with Gasteiger partial charge in [0.2, 0.25) is 0 Å². The van der Waals surface area contributed by atoms with Crippen molar-refractivity contribution in [1.29, 1.82) is 0 Å². The van der Waals surface area contributed by atoms with Gasteiger partial charge in [-0.25, -0.2) is 9.18 Å². The van der Waals surface area contributed by atoms with Crippen molar-refractivity contribution in [3.8, 4) is 0 Å². The standard InChI is InChI=1S/C16H22FN3O2/c1-2-18-15(21)12-6-3-5-11(9-12)10-19-16(22)20-14-8-4-7-13(14)17/h3,5-6,9,13-14H,2,4,7-8,10H2,1H3,(H,18,21)(H2,19,20,22)/t13-,14+/m1/s1. The number of hydrogen-bond acceptors (Lipinski definition) is 2. The predicted octanol–water partition coefficient (Wildman–Crippen LogP) is 2.13. The van der Waals surface area contributed by atoms with Gasteiger partial charge in [0.05, 0.1) is 6.04 Å². The molecule has 1 aromatic rings. The van der Waals surface area contributed by atoms with Crippen molar-refractivity contribution in [2.75, 3.05) is 6.54 Å². The lowest BCUT2D eigenvalue weighted by molar-refractivity contribution is 0.0955. The van der Waals surface area contributed by atoms with E-state index in [0.717, 1.165) is 12.0 Å². The monoisotopic (exact) mass is 307 g/mol. The van der Waals surface area contributed by atoms with Crippen molar-refractivity contribution in [1.82, 2.24) is 16.0 Å². The molecule has 1 aliphatic carbocycles. The summed E-state index contributed by atoms with van der Waals surface area (Å²) < 4.78 is 13.4. The largest absolute Gasteiger partial charge is 0.352 e. The molecule has 2 atom stereocenters. The molecule has 0 unspecified atom stereocenters. The number of carbonyl (C=O) groups is 2. The van der Waals surface area contributed by atoms with Crippen LogP contribution in [0, 0.1) is 0 Å². The Bertz CT molecular complexity index is 536. The third-order valence-corrected chi connectivity index (χ3v) is 3.73. The second-order valence-electron chi connectivity index (χ2n) is 5.44. The van der Waals surface area contributed by atoms with E-state index in [9.17, 15) is 14.0 Å². The normalized spacial score (nSPS) is 20.5. The van der Waals surface area contributed by atoms with Gasteiger partial charge in [-0.15, -0.1) is 0 Å². The van der Waals surface area contributed by atoms with Crippen LogP contribution in [0.2, 0.25) is 0 Å². The van der Waals surface area contributed by atoms with Gasteiger partial charge in [-0.2, -0.15) is 0 Å². The van der Waals surface area contributed by atoms with E-state index in [1.54, 1.807) is 18.2 Å². The van der Waals surface area contributed by atoms with Crippen LogP contribution in [-0.4, -0.2) is 30.7 Å². The Balaban J connectivity index is 1.84. The molecule has 22 heavy (non-hydrogen) atoms. The number of carbonyl (C=O) groups excluding carboxylic acids is 2. The summed E-state index contributed by atoms with van der Waals surface area (Å²) in [5, 5.41) is 8.08. The number of amides is 3. The molecule has 5 nitrogen and oxygen atoms in total. The fourth-order valence-corrected chi connectivity index (χ4v) is 2.56. The van der Waals surface area contributed by atoms with Gasteiger partial charge < -0.3 is 16.0 Å². The highest BCUT2D eigenvalue weighted by molar-refractivity contribution is 5.94. The zero-order valence-corrected chi connectivity index (χ0v) is 12.7. The lowest BCUT2D eigenvalue weighted by Gasteiger charge is -2.15. The van der Waals surface area contributed by atoms with Crippen LogP contribution in [0.1, 0.15) is 42.1 Å². The zero-order chi connectivity index (χ0) is 15.9. The van der Waals surface area contributed by atoms with Gasteiger partial charge in [0.1, 0.15) is 6.17 Å². The summed E-state index contributed by atoms with van der Waals surface area (Å²) in [6.45, 7) is 2.72. The van der Waals surface area contributed by atoms with Crippen molar-refractivity contribution < 1.29 is 14.0 Å². The molecular formula is C16H22FN3O2.